The molecule has 2 aliphatic rings. The predicted molar refractivity (Wildman–Crippen MR) is 167 cm³/mol. The first-order valence-corrected chi connectivity index (χ1v) is 14.4. The van der Waals surface area contributed by atoms with E-state index >= 15 is 0 Å². The third-order valence-electron chi connectivity index (χ3n) is 8.86. The number of aryl methyl sites for hydroxylation is 2. The van der Waals surface area contributed by atoms with Gasteiger partial charge in [-0.25, -0.2) is 4.98 Å². The van der Waals surface area contributed by atoms with Crippen molar-refractivity contribution >= 4 is 39.3 Å². The number of para-hydroxylation sites is 1. The molecule has 1 aliphatic heterocycles. The molecular weight excluding hydrogens is 520 g/mol. The summed E-state index contributed by atoms with van der Waals surface area (Å²) < 4.78 is 2.18. The zero-order chi connectivity index (χ0) is 29.0. The van der Waals surface area contributed by atoms with Crippen LogP contribution in [0.3, 0.4) is 0 Å². The zero-order valence-corrected chi connectivity index (χ0v) is 23.7. The third-order valence-corrected chi connectivity index (χ3v) is 8.86. The second-order valence-corrected chi connectivity index (χ2v) is 11.5. The first kappa shape index (κ1) is 26.0. The van der Waals surface area contributed by atoms with Crippen LogP contribution in [0.2, 0.25) is 0 Å². The van der Waals surface area contributed by atoms with Crippen molar-refractivity contribution in [2.24, 2.45) is 13.0 Å². The van der Waals surface area contributed by atoms with Crippen LogP contribution in [0.4, 0.5) is 5.82 Å². The van der Waals surface area contributed by atoms with Crippen molar-refractivity contribution in [3.05, 3.63) is 131 Å². The molecule has 3 unspecified atom stereocenters. The van der Waals surface area contributed by atoms with Gasteiger partial charge >= 0.3 is 0 Å². The van der Waals surface area contributed by atoms with E-state index in [1.807, 2.05) is 49.4 Å². The number of pyridine rings is 1. The summed E-state index contributed by atoms with van der Waals surface area (Å²) >= 11 is 0. The maximum atomic E-state index is 14.1. The van der Waals surface area contributed by atoms with Crippen molar-refractivity contribution in [3.63, 3.8) is 0 Å². The molecule has 6 nitrogen and oxygen atoms in total. The maximum absolute atomic E-state index is 14.1. The number of benzene rings is 3. The van der Waals surface area contributed by atoms with Crippen molar-refractivity contribution < 1.29 is 9.59 Å². The van der Waals surface area contributed by atoms with Gasteiger partial charge in [0, 0.05) is 64.4 Å². The first-order valence-electron chi connectivity index (χ1n) is 14.4. The smallest absolute Gasteiger partial charge is 0.235 e. The molecule has 5 aromatic rings. The fraction of sp³-hybridized carbons (Fsp3) is 0.194. The molecule has 42 heavy (non-hydrogen) atoms. The molecule has 0 spiro atoms. The van der Waals surface area contributed by atoms with Crippen molar-refractivity contribution in [2.45, 2.75) is 31.6 Å². The van der Waals surface area contributed by atoms with Crippen LogP contribution in [0.5, 0.6) is 0 Å². The van der Waals surface area contributed by atoms with Gasteiger partial charge in [0.25, 0.3) is 0 Å². The summed E-state index contributed by atoms with van der Waals surface area (Å²) in [5.74, 6) is -0.796. The number of carbonyl (C=O) groups excluding carboxylic acids is 2. The molecule has 0 radical (unpaired) electrons. The fourth-order valence-corrected chi connectivity index (χ4v) is 6.87. The van der Waals surface area contributed by atoms with Crippen molar-refractivity contribution in [2.75, 3.05) is 5.32 Å². The van der Waals surface area contributed by atoms with Crippen molar-refractivity contribution in [1.29, 1.82) is 0 Å². The lowest BCUT2D eigenvalue weighted by Crippen LogP contribution is -2.43. The van der Waals surface area contributed by atoms with E-state index in [1.165, 1.54) is 0 Å². The van der Waals surface area contributed by atoms with Crippen LogP contribution in [-0.4, -0.2) is 21.2 Å². The Morgan fingerprint density at radius 2 is 1.69 bits per heavy atom. The highest BCUT2D eigenvalue weighted by molar-refractivity contribution is 6.09. The monoisotopic (exact) mass is 552 g/mol. The molecule has 208 valence electrons. The molecule has 3 atom stereocenters. The lowest BCUT2D eigenvalue weighted by molar-refractivity contribution is -0.120. The van der Waals surface area contributed by atoms with Gasteiger partial charge < -0.3 is 15.2 Å². The van der Waals surface area contributed by atoms with E-state index < -0.39 is 11.8 Å². The van der Waals surface area contributed by atoms with E-state index in [1.54, 1.807) is 6.20 Å². The van der Waals surface area contributed by atoms with Gasteiger partial charge in [-0.05, 0) is 66.3 Å². The molecule has 0 fully saturated rings. The van der Waals surface area contributed by atoms with Gasteiger partial charge in [-0.1, -0.05) is 61.2 Å². The Labute approximate surface area is 244 Å². The van der Waals surface area contributed by atoms with Crippen molar-refractivity contribution in [1.82, 2.24) is 14.9 Å². The number of hydrogen-bond donors (Lipinski definition) is 2. The maximum Gasteiger partial charge on any atom is 0.235 e. The molecule has 1 aliphatic carbocycles. The van der Waals surface area contributed by atoms with E-state index in [0.717, 1.165) is 44.2 Å². The zero-order valence-electron chi connectivity index (χ0n) is 23.7. The minimum Gasteiger partial charge on any atom is -0.362 e. The Balaban J connectivity index is 1.37. The van der Waals surface area contributed by atoms with E-state index in [4.69, 9.17) is 0 Å². The number of carbonyl (C=O) groups is 2. The van der Waals surface area contributed by atoms with Gasteiger partial charge in [-0.2, -0.15) is 0 Å². The topological polar surface area (TPSA) is 76.0 Å². The number of hydrogen-bond acceptors (Lipinski definition) is 4. The number of nitrogens with zero attached hydrogens (tertiary/aromatic N) is 2. The lowest BCUT2D eigenvalue weighted by atomic mass is 9.68. The number of rotatable bonds is 4. The number of amides is 1. The second kappa shape index (κ2) is 10.1. The van der Waals surface area contributed by atoms with Crippen LogP contribution >= 0.6 is 0 Å². The summed E-state index contributed by atoms with van der Waals surface area (Å²) in [6.45, 7) is 6.30. The average Bonchev–Trinajstić information content (AvgIpc) is 3.28. The van der Waals surface area contributed by atoms with Crippen molar-refractivity contribution in [3.8, 4) is 0 Å². The number of anilines is 1. The van der Waals surface area contributed by atoms with Crippen LogP contribution in [0.25, 0.3) is 21.8 Å². The van der Waals surface area contributed by atoms with Gasteiger partial charge in [0.2, 0.25) is 5.91 Å². The average molecular weight is 553 g/mol. The molecule has 2 N–H and O–H groups in total. The highest BCUT2D eigenvalue weighted by Gasteiger charge is 2.45. The quantitative estimate of drug-likeness (QED) is 0.255. The molecule has 2 aromatic heterocycles. The number of aromatic nitrogens is 2. The first-order chi connectivity index (χ1) is 20.4. The molecule has 0 bridgehead atoms. The van der Waals surface area contributed by atoms with Crippen LogP contribution in [0, 0.1) is 12.8 Å². The molecule has 3 aromatic carbocycles. The number of allylic oxidation sites excluding steroid dienone is 2. The van der Waals surface area contributed by atoms with Gasteiger partial charge in [0.15, 0.2) is 5.78 Å². The SMILES string of the molecule is C=C1NC2=C(C(=O)CC(c3ccccc3)C2)C(c2ccc3c(c2)c2ccccc2n3C)C1C(=O)Nc1cc(C)ccn1. The lowest BCUT2D eigenvalue weighted by Gasteiger charge is -2.40. The fourth-order valence-electron chi connectivity index (χ4n) is 6.87. The summed E-state index contributed by atoms with van der Waals surface area (Å²) in [5, 5.41) is 8.68. The summed E-state index contributed by atoms with van der Waals surface area (Å²) in [5.41, 5.74) is 7.45. The van der Waals surface area contributed by atoms with Gasteiger partial charge in [0.1, 0.15) is 5.82 Å². The molecule has 1 amide bonds. The van der Waals surface area contributed by atoms with Crippen LogP contribution in [-0.2, 0) is 16.6 Å². The molecule has 6 heteroatoms. The van der Waals surface area contributed by atoms with E-state index in [0.29, 0.717) is 29.9 Å². The normalized spacial score (nSPS) is 20.5. The predicted octanol–water partition coefficient (Wildman–Crippen LogP) is 6.89. The third kappa shape index (κ3) is 4.31. The number of Topliss-reactive ketones (excluding diaryl/α,β-unsaturated/α-hetero) is 1. The molecule has 3 heterocycles. The summed E-state index contributed by atoms with van der Waals surface area (Å²) in [7, 11) is 2.07. The minimum absolute atomic E-state index is 0.0691. The van der Waals surface area contributed by atoms with Gasteiger partial charge in [0.05, 0.1) is 5.92 Å². The van der Waals surface area contributed by atoms with E-state index in [-0.39, 0.29) is 17.6 Å². The molecule has 7 rings (SSSR count). The second-order valence-electron chi connectivity index (χ2n) is 11.5. The van der Waals surface area contributed by atoms with E-state index in [9.17, 15) is 9.59 Å². The standard InChI is InChI=1S/C36H32N4O2/c1-21-15-16-37-32(17-21)39-36(42)33-22(2)38-28-19-25(23-9-5-4-6-10-23)20-31(41)35(28)34(33)24-13-14-30-27(18-24)26-11-7-8-12-29(26)40(30)3/h4-18,25,33-34,38H,2,19-20H2,1,3H3,(H,37,39,42). The largest absolute Gasteiger partial charge is 0.362 e. The Morgan fingerprint density at radius 3 is 2.50 bits per heavy atom. The Kier molecular flexibility index (Phi) is 6.27. The molecule has 0 saturated heterocycles. The molecular formula is C36H32N4O2. The number of nitrogens with one attached hydrogen (secondary N) is 2. The van der Waals surface area contributed by atoms with Crippen LogP contribution in [0.1, 0.15) is 41.4 Å². The Hall–Kier alpha value is -4.97. The minimum atomic E-state index is -0.698. The van der Waals surface area contributed by atoms with E-state index in [2.05, 4.69) is 76.3 Å². The highest BCUT2D eigenvalue weighted by atomic mass is 16.2. The van der Waals surface area contributed by atoms with Gasteiger partial charge in [-0.15, -0.1) is 0 Å². The van der Waals surface area contributed by atoms with Gasteiger partial charge in [-0.3, -0.25) is 9.59 Å². The summed E-state index contributed by atoms with van der Waals surface area (Å²) in [4.78, 5) is 32.5. The Morgan fingerprint density at radius 1 is 0.929 bits per heavy atom. The summed E-state index contributed by atoms with van der Waals surface area (Å²) in [6.07, 6.45) is 2.77. The number of fused-ring (bicyclic) bond motifs is 3. The molecule has 0 saturated carbocycles. The van der Waals surface area contributed by atoms with Crippen LogP contribution < -0.4 is 10.6 Å². The Bertz CT molecular complexity index is 1930. The summed E-state index contributed by atoms with van der Waals surface area (Å²) in [6, 6.07) is 28.6. The number of ketones is 1. The highest BCUT2D eigenvalue weighted by Crippen LogP contribution is 2.48. The van der Waals surface area contributed by atoms with Crippen LogP contribution in [0.15, 0.2) is 115 Å².